The first kappa shape index (κ1) is 17.4. The third-order valence-electron chi connectivity index (χ3n) is 5.37. The van der Waals surface area contributed by atoms with Crippen LogP contribution in [-0.2, 0) is 0 Å². The molecule has 3 heterocycles. The zero-order chi connectivity index (χ0) is 19.6. The highest BCUT2D eigenvalue weighted by Gasteiger charge is 2.40. The fourth-order valence-electron chi connectivity index (χ4n) is 3.79. The highest BCUT2D eigenvalue weighted by Crippen LogP contribution is 2.43. The van der Waals surface area contributed by atoms with Crippen LogP contribution in [0, 0.1) is 25.5 Å². The van der Waals surface area contributed by atoms with Crippen LogP contribution in [0.3, 0.4) is 0 Å². The highest BCUT2D eigenvalue weighted by molar-refractivity contribution is 6.33. The van der Waals surface area contributed by atoms with E-state index in [1.807, 2.05) is 13.8 Å². The molecule has 0 radical (unpaired) electrons. The van der Waals surface area contributed by atoms with Crippen molar-refractivity contribution < 1.29 is 13.2 Å². The number of hydrogen-bond acceptors (Lipinski definition) is 5. The number of rotatable bonds is 2. The Bertz CT molecular complexity index is 1160. The quantitative estimate of drug-likeness (QED) is 0.655. The summed E-state index contributed by atoms with van der Waals surface area (Å²) in [7, 11) is 0. The number of aryl methyl sites for hydroxylation is 2. The van der Waals surface area contributed by atoms with Crippen LogP contribution < -0.4 is 10.6 Å². The summed E-state index contributed by atoms with van der Waals surface area (Å²) >= 11 is 6.36. The number of fused-ring (bicyclic) bond motifs is 3. The molecule has 144 valence electrons. The standard InChI is InChI=1S/C20H17ClF2N4O/c1-8-15-17-18(28-20(15)26-9(2)16(8)21)19(25-7-24-17)27-14-6-11(14)10-3-4-12(22)13(23)5-10/h3-5,11,14,24H,6-7H2,1-2H3,(H,25,27). The molecule has 1 aromatic carbocycles. The third-order valence-corrected chi connectivity index (χ3v) is 5.93. The smallest absolute Gasteiger partial charge is 0.229 e. The number of benzene rings is 1. The summed E-state index contributed by atoms with van der Waals surface area (Å²) < 4.78 is 32.7. The largest absolute Gasteiger partial charge is 0.432 e. The summed E-state index contributed by atoms with van der Waals surface area (Å²) in [5, 5.41) is 8.10. The van der Waals surface area contributed by atoms with Gasteiger partial charge in [-0.05, 0) is 43.5 Å². The van der Waals surface area contributed by atoms with Crippen molar-refractivity contribution in [1.82, 2.24) is 10.3 Å². The minimum atomic E-state index is -0.833. The molecule has 1 fully saturated rings. The van der Waals surface area contributed by atoms with Crippen molar-refractivity contribution in [1.29, 1.82) is 0 Å². The molecular weight excluding hydrogens is 386 g/mol. The minimum Gasteiger partial charge on any atom is -0.432 e. The molecule has 8 heteroatoms. The van der Waals surface area contributed by atoms with Gasteiger partial charge in [0.2, 0.25) is 5.71 Å². The lowest BCUT2D eigenvalue weighted by Gasteiger charge is -2.15. The SMILES string of the molecule is Cc1nc2oc3c(c2c(C)c1Cl)NCN=C3NC1CC1c1ccc(F)c(F)c1. The average Bonchev–Trinajstić information content (AvgIpc) is 3.33. The summed E-state index contributed by atoms with van der Waals surface area (Å²) in [5.41, 5.74) is 3.74. The topological polar surface area (TPSA) is 62.5 Å². The van der Waals surface area contributed by atoms with Crippen LogP contribution in [0.2, 0.25) is 5.02 Å². The van der Waals surface area contributed by atoms with Crippen molar-refractivity contribution in [3.63, 3.8) is 0 Å². The minimum absolute atomic E-state index is 0.0853. The number of hydrogen-bond donors (Lipinski definition) is 2. The van der Waals surface area contributed by atoms with Crippen molar-refractivity contribution in [3.05, 3.63) is 57.4 Å². The number of anilines is 1. The number of amidine groups is 1. The second-order valence-electron chi connectivity index (χ2n) is 7.23. The summed E-state index contributed by atoms with van der Waals surface area (Å²) in [4.78, 5) is 8.94. The van der Waals surface area contributed by atoms with Crippen molar-refractivity contribution >= 4 is 34.2 Å². The average molecular weight is 403 g/mol. The molecule has 1 saturated carbocycles. The maximum Gasteiger partial charge on any atom is 0.229 e. The fourth-order valence-corrected chi connectivity index (χ4v) is 3.92. The molecule has 0 saturated heterocycles. The Labute approximate surface area is 164 Å². The third kappa shape index (κ3) is 2.64. The Morgan fingerprint density at radius 1 is 1.25 bits per heavy atom. The zero-order valence-corrected chi connectivity index (χ0v) is 16.0. The first-order valence-corrected chi connectivity index (χ1v) is 9.41. The van der Waals surface area contributed by atoms with E-state index in [1.165, 1.54) is 12.1 Å². The summed E-state index contributed by atoms with van der Waals surface area (Å²) in [6.07, 6.45) is 0.815. The Balaban J connectivity index is 1.44. The lowest BCUT2D eigenvalue weighted by atomic mass is 10.1. The zero-order valence-electron chi connectivity index (χ0n) is 15.2. The fraction of sp³-hybridized carbons (Fsp3) is 0.300. The van der Waals surface area contributed by atoms with E-state index in [1.54, 1.807) is 6.07 Å². The molecule has 5 rings (SSSR count). The van der Waals surface area contributed by atoms with Crippen LogP contribution in [0.4, 0.5) is 14.5 Å². The number of halogens is 3. The van der Waals surface area contributed by atoms with Gasteiger partial charge < -0.3 is 15.1 Å². The molecule has 2 aliphatic rings. The van der Waals surface area contributed by atoms with Gasteiger partial charge in [-0.1, -0.05) is 17.7 Å². The number of nitrogens with zero attached hydrogens (tertiary/aromatic N) is 2. The van der Waals surface area contributed by atoms with Crippen molar-refractivity contribution in [2.75, 3.05) is 12.0 Å². The van der Waals surface area contributed by atoms with Crippen molar-refractivity contribution in [3.8, 4) is 0 Å². The molecule has 3 aromatic rings. The van der Waals surface area contributed by atoms with Gasteiger partial charge in [0.05, 0.1) is 21.8 Å². The maximum atomic E-state index is 13.5. The van der Waals surface area contributed by atoms with Crippen LogP contribution in [0.1, 0.15) is 34.9 Å². The molecule has 28 heavy (non-hydrogen) atoms. The second-order valence-corrected chi connectivity index (χ2v) is 7.61. The predicted octanol–water partition coefficient (Wildman–Crippen LogP) is 4.65. The van der Waals surface area contributed by atoms with E-state index in [0.717, 1.165) is 28.6 Å². The molecule has 2 unspecified atom stereocenters. The number of pyridine rings is 1. The van der Waals surface area contributed by atoms with Gasteiger partial charge in [0.15, 0.2) is 23.2 Å². The van der Waals surface area contributed by atoms with Crippen molar-refractivity contribution in [2.24, 2.45) is 4.99 Å². The van der Waals surface area contributed by atoms with E-state index in [2.05, 4.69) is 20.6 Å². The van der Waals surface area contributed by atoms with Crippen LogP contribution in [-0.4, -0.2) is 23.5 Å². The van der Waals surface area contributed by atoms with Crippen LogP contribution >= 0.6 is 11.6 Å². The molecule has 2 N–H and O–H groups in total. The van der Waals surface area contributed by atoms with E-state index < -0.39 is 11.6 Å². The Hall–Kier alpha value is -2.67. The molecule has 5 nitrogen and oxygen atoms in total. The Morgan fingerprint density at radius 3 is 2.86 bits per heavy atom. The lowest BCUT2D eigenvalue weighted by Crippen LogP contribution is -2.31. The van der Waals surface area contributed by atoms with Gasteiger partial charge in [-0.2, -0.15) is 0 Å². The predicted molar refractivity (Wildman–Crippen MR) is 104 cm³/mol. The first-order chi connectivity index (χ1) is 13.4. The molecule has 1 aliphatic heterocycles. The van der Waals surface area contributed by atoms with Crippen LogP contribution in [0.15, 0.2) is 27.6 Å². The van der Waals surface area contributed by atoms with E-state index in [4.69, 9.17) is 16.0 Å². The van der Waals surface area contributed by atoms with Gasteiger partial charge in [-0.25, -0.2) is 18.8 Å². The van der Waals surface area contributed by atoms with Crippen LogP contribution in [0.5, 0.6) is 0 Å². The molecule has 2 atom stereocenters. The highest BCUT2D eigenvalue weighted by atomic mass is 35.5. The van der Waals surface area contributed by atoms with Gasteiger partial charge in [0, 0.05) is 12.0 Å². The number of nitrogens with one attached hydrogen (secondary N) is 2. The van der Waals surface area contributed by atoms with E-state index in [0.29, 0.717) is 34.7 Å². The summed E-state index contributed by atoms with van der Waals surface area (Å²) in [5.74, 6) is -0.322. The monoisotopic (exact) mass is 402 g/mol. The second kappa shape index (κ2) is 6.17. The van der Waals surface area contributed by atoms with Crippen molar-refractivity contribution in [2.45, 2.75) is 32.2 Å². The van der Waals surface area contributed by atoms with E-state index in [-0.39, 0.29) is 12.0 Å². The maximum absolute atomic E-state index is 13.5. The molecular formula is C20H17ClF2N4O. The van der Waals surface area contributed by atoms with Gasteiger partial charge in [0.1, 0.15) is 6.67 Å². The van der Waals surface area contributed by atoms with E-state index in [9.17, 15) is 8.78 Å². The number of aromatic nitrogens is 1. The van der Waals surface area contributed by atoms with Gasteiger partial charge in [-0.15, -0.1) is 0 Å². The number of aliphatic imine (C=N–C) groups is 1. The van der Waals surface area contributed by atoms with E-state index >= 15 is 0 Å². The van der Waals surface area contributed by atoms with Gasteiger partial charge >= 0.3 is 0 Å². The molecule has 0 bridgehead atoms. The molecule has 0 amide bonds. The lowest BCUT2D eigenvalue weighted by molar-refractivity contribution is 0.507. The van der Waals surface area contributed by atoms with Gasteiger partial charge in [-0.3, -0.25) is 0 Å². The summed E-state index contributed by atoms with van der Waals surface area (Å²) in [6.45, 7) is 4.18. The van der Waals surface area contributed by atoms with Crippen LogP contribution in [0.25, 0.3) is 11.1 Å². The summed E-state index contributed by atoms with van der Waals surface area (Å²) in [6, 6.07) is 4.14. The Kier molecular flexibility index (Phi) is 3.84. The van der Waals surface area contributed by atoms with Gasteiger partial charge in [0.25, 0.3) is 0 Å². The first-order valence-electron chi connectivity index (χ1n) is 9.03. The molecule has 2 aromatic heterocycles. The molecule has 0 spiro atoms. The molecule has 1 aliphatic carbocycles. The Morgan fingerprint density at radius 2 is 2.07 bits per heavy atom. The number of furan rings is 1. The normalized spacial score (nSPS) is 20.5.